The molecule has 1 aliphatic carbocycles. The van der Waals surface area contributed by atoms with Gasteiger partial charge in [-0.15, -0.1) is 0 Å². The zero-order valence-electron chi connectivity index (χ0n) is 10.6. The van der Waals surface area contributed by atoms with E-state index in [1.165, 1.54) is 0 Å². The van der Waals surface area contributed by atoms with Gasteiger partial charge in [-0.3, -0.25) is 0 Å². The molecule has 0 bridgehead atoms. The molecule has 0 aromatic heterocycles. The van der Waals surface area contributed by atoms with E-state index in [1.807, 2.05) is 13.8 Å². The lowest BCUT2D eigenvalue weighted by Gasteiger charge is -2.26. The highest BCUT2D eigenvalue weighted by molar-refractivity contribution is 5.82. The zero-order chi connectivity index (χ0) is 12.9. The van der Waals surface area contributed by atoms with Crippen LogP contribution in [-0.2, 0) is 4.79 Å². The Morgan fingerprint density at radius 3 is 2.41 bits per heavy atom. The van der Waals surface area contributed by atoms with Gasteiger partial charge in [-0.05, 0) is 26.2 Å². The number of nitrogens with one attached hydrogen (secondary N) is 2. The Morgan fingerprint density at radius 2 is 1.94 bits per heavy atom. The number of carbonyl (C=O) groups excluding carboxylic acids is 1. The number of carbonyl (C=O) groups is 2. The average Bonchev–Trinajstić information content (AvgIpc) is 2.63. The minimum atomic E-state index is -0.974. The molecule has 0 saturated heterocycles. The minimum Gasteiger partial charge on any atom is -0.480 e. The van der Waals surface area contributed by atoms with E-state index in [1.54, 1.807) is 0 Å². The molecule has 1 fully saturated rings. The molecule has 0 aliphatic heterocycles. The molecule has 2 amide bonds. The van der Waals surface area contributed by atoms with E-state index in [9.17, 15) is 9.59 Å². The van der Waals surface area contributed by atoms with E-state index < -0.39 is 12.0 Å². The van der Waals surface area contributed by atoms with Crippen LogP contribution in [0.25, 0.3) is 0 Å². The van der Waals surface area contributed by atoms with Gasteiger partial charge in [0.25, 0.3) is 0 Å². The van der Waals surface area contributed by atoms with Crippen molar-refractivity contribution in [2.45, 2.75) is 64.0 Å². The van der Waals surface area contributed by atoms with Gasteiger partial charge in [0.05, 0.1) is 0 Å². The summed E-state index contributed by atoms with van der Waals surface area (Å²) in [6, 6.07) is -1.15. The summed E-state index contributed by atoms with van der Waals surface area (Å²) in [5.41, 5.74) is -0.167. The van der Waals surface area contributed by atoms with Crippen LogP contribution in [0.15, 0.2) is 0 Å². The molecule has 1 aliphatic rings. The number of rotatable bonds is 5. The highest BCUT2D eigenvalue weighted by Gasteiger charge is 2.31. The maximum Gasteiger partial charge on any atom is 0.326 e. The molecule has 1 rings (SSSR count). The van der Waals surface area contributed by atoms with E-state index in [0.29, 0.717) is 6.42 Å². The fraction of sp³-hybridized carbons (Fsp3) is 0.833. The van der Waals surface area contributed by atoms with E-state index >= 15 is 0 Å². The van der Waals surface area contributed by atoms with Crippen molar-refractivity contribution in [1.82, 2.24) is 10.6 Å². The van der Waals surface area contributed by atoms with Crippen LogP contribution in [0.1, 0.15) is 52.4 Å². The van der Waals surface area contributed by atoms with Gasteiger partial charge < -0.3 is 15.7 Å². The highest BCUT2D eigenvalue weighted by Crippen LogP contribution is 2.28. The minimum absolute atomic E-state index is 0.167. The van der Waals surface area contributed by atoms with Gasteiger partial charge in [-0.2, -0.15) is 0 Å². The van der Waals surface area contributed by atoms with Crippen molar-refractivity contribution in [3.63, 3.8) is 0 Å². The topological polar surface area (TPSA) is 78.4 Å². The second kappa shape index (κ2) is 5.89. The summed E-state index contributed by atoms with van der Waals surface area (Å²) in [5.74, 6) is -0.974. The smallest absolute Gasteiger partial charge is 0.326 e. The van der Waals surface area contributed by atoms with Crippen molar-refractivity contribution in [3.05, 3.63) is 0 Å². The standard InChI is InChI=1S/C12H22N2O3/c1-3-6-9(10(15)16)13-11(17)14-12(2)7-4-5-8-12/h9H,3-8H2,1-2H3,(H,15,16)(H2,13,14,17)/t9-/m0/s1. The van der Waals surface area contributed by atoms with Crippen LogP contribution in [0.5, 0.6) is 0 Å². The predicted octanol–water partition coefficient (Wildman–Crippen LogP) is 1.87. The molecule has 0 aromatic carbocycles. The average molecular weight is 242 g/mol. The first kappa shape index (κ1) is 13.8. The molecule has 0 unspecified atom stereocenters. The predicted molar refractivity (Wildman–Crippen MR) is 64.9 cm³/mol. The second-order valence-electron chi connectivity index (χ2n) is 5.05. The molecule has 0 aromatic rings. The van der Waals surface area contributed by atoms with Crippen LogP contribution >= 0.6 is 0 Å². The van der Waals surface area contributed by atoms with Gasteiger partial charge in [0.1, 0.15) is 6.04 Å². The molecule has 0 radical (unpaired) electrons. The Hall–Kier alpha value is -1.26. The molecule has 1 atom stereocenters. The fourth-order valence-corrected chi connectivity index (χ4v) is 2.29. The van der Waals surface area contributed by atoms with E-state index in [0.717, 1.165) is 32.1 Å². The van der Waals surface area contributed by atoms with Crippen molar-refractivity contribution < 1.29 is 14.7 Å². The molecule has 0 spiro atoms. The lowest BCUT2D eigenvalue weighted by molar-refractivity contribution is -0.139. The number of hydrogen-bond donors (Lipinski definition) is 3. The van der Waals surface area contributed by atoms with Crippen LogP contribution in [0.4, 0.5) is 4.79 Å². The van der Waals surface area contributed by atoms with E-state index in [4.69, 9.17) is 5.11 Å². The first-order valence-corrected chi connectivity index (χ1v) is 6.28. The summed E-state index contributed by atoms with van der Waals surface area (Å²) in [7, 11) is 0. The zero-order valence-corrected chi connectivity index (χ0v) is 10.6. The molecule has 5 heteroatoms. The molecule has 98 valence electrons. The molecule has 5 nitrogen and oxygen atoms in total. The third kappa shape index (κ3) is 4.24. The Bertz CT molecular complexity index is 285. The summed E-state index contributed by atoms with van der Waals surface area (Å²) in [5, 5.41) is 14.3. The largest absolute Gasteiger partial charge is 0.480 e. The maximum atomic E-state index is 11.7. The summed E-state index contributed by atoms with van der Waals surface area (Å²) in [6.45, 7) is 3.91. The number of amides is 2. The summed E-state index contributed by atoms with van der Waals surface area (Å²) >= 11 is 0. The fourth-order valence-electron chi connectivity index (χ4n) is 2.29. The number of carboxylic acid groups (broad SMARTS) is 1. The monoisotopic (exact) mass is 242 g/mol. The van der Waals surface area contributed by atoms with Gasteiger partial charge in [-0.1, -0.05) is 26.2 Å². The second-order valence-corrected chi connectivity index (χ2v) is 5.05. The lowest BCUT2D eigenvalue weighted by Crippen LogP contribution is -2.52. The first-order chi connectivity index (χ1) is 7.97. The van der Waals surface area contributed by atoms with Crippen molar-refractivity contribution in [3.8, 4) is 0 Å². The van der Waals surface area contributed by atoms with Gasteiger partial charge in [0.2, 0.25) is 0 Å². The maximum absolute atomic E-state index is 11.7. The third-order valence-electron chi connectivity index (χ3n) is 3.30. The number of aliphatic carboxylic acids is 1. The van der Waals surface area contributed by atoms with Crippen LogP contribution in [0, 0.1) is 0 Å². The summed E-state index contributed by atoms with van der Waals surface area (Å²) in [6.07, 6.45) is 5.36. The summed E-state index contributed by atoms with van der Waals surface area (Å²) < 4.78 is 0. The van der Waals surface area contributed by atoms with Crippen molar-refractivity contribution in [2.24, 2.45) is 0 Å². The van der Waals surface area contributed by atoms with Crippen LogP contribution < -0.4 is 10.6 Å². The Morgan fingerprint density at radius 1 is 1.35 bits per heavy atom. The lowest BCUT2D eigenvalue weighted by atomic mass is 10.0. The number of urea groups is 1. The molecule has 0 heterocycles. The molecule has 3 N–H and O–H groups in total. The van der Waals surface area contributed by atoms with Gasteiger partial charge >= 0.3 is 12.0 Å². The summed E-state index contributed by atoms with van der Waals surface area (Å²) in [4.78, 5) is 22.6. The van der Waals surface area contributed by atoms with Gasteiger partial charge in [0.15, 0.2) is 0 Å². The number of carboxylic acids is 1. The molecular formula is C12H22N2O3. The Labute approximate surface area is 102 Å². The number of hydrogen-bond acceptors (Lipinski definition) is 2. The van der Waals surface area contributed by atoms with Crippen molar-refractivity contribution in [1.29, 1.82) is 0 Å². The van der Waals surface area contributed by atoms with Crippen LogP contribution in [-0.4, -0.2) is 28.7 Å². The first-order valence-electron chi connectivity index (χ1n) is 6.28. The van der Waals surface area contributed by atoms with E-state index in [-0.39, 0.29) is 11.6 Å². The SMILES string of the molecule is CCC[C@H](NC(=O)NC1(C)CCCC1)C(=O)O. The quantitative estimate of drug-likeness (QED) is 0.688. The third-order valence-corrected chi connectivity index (χ3v) is 3.30. The Kier molecular flexibility index (Phi) is 4.78. The van der Waals surface area contributed by atoms with Gasteiger partial charge in [0, 0.05) is 5.54 Å². The highest BCUT2D eigenvalue weighted by atomic mass is 16.4. The van der Waals surface area contributed by atoms with Gasteiger partial charge in [-0.25, -0.2) is 9.59 Å². The Balaban J connectivity index is 2.44. The molecule has 17 heavy (non-hydrogen) atoms. The molecule has 1 saturated carbocycles. The molecular weight excluding hydrogens is 220 g/mol. The normalized spacial score (nSPS) is 19.6. The van der Waals surface area contributed by atoms with E-state index in [2.05, 4.69) is 10.6 Å². The van der Waals surface area contributed by atoms with Crippen LogP contribution in [0.3, 0.4) is 0 Å². The van der Waals surface area contributed by atoms with Crippen LogP contribution in [0.2, 0.25) is 0 Å². The van der Waals surface area contributed by atoms with Crippen molar-refractivity contribution in [2.75, 3.05) is 0 Å². The van der Waals surface area contributed by atoms with Crippen molar-refractivity contribution >= 4 is 12.0 Å².